The van der Waals surface area contributed by atoms with Crippen molar-refractivity contribution in [1.29, 1.82) is 0 Å². The third-order valence-electron chi connectivity index (χ3n) is 4.96. The Morgan fingerprint density at radius 1 is 0.971 bits per heavy atom. The van der Waals surface area contributed by atoms with Gasteiger partial charge in [-0.3, -0.25) is 0 Å². The molecule has 0 aliphatic rings. The molecule has 0 aliphatic carbocycles. The van der Waals surface area contributed by atoms with Crippen molar-refractivity contribution in [1.82, 2.24) is 0 Å². The predicted octanol–water partition coefficient (Wildman–Crippen LogP) is 5.58. The summed E-state index contributed by atoms with van der Waals surface area (Å²) >= 11 is 0. The molecule has 3 aromatic carbocycles. The number of fused-ring (bicyclic) bond motifs is 2. The van der Waals surface area contributed by atoms with Gasteiger partial charge in [0.05, 0.1) is 12.8 Å². The first-order valence-electron chi connectivity index (χ1n) is 10.8. The molecule has 0 saturated carbocycles. The monoisotopic (exact) mass is 473 g/mol. The first-order valence-corrected chi connectivity index (χ1v) is 10.8. The van der Waals surface area contributed by atoms with Crippen LogP contribution in [0.1, 0.15) is 25.3 Å². The average molecular weight is 474 g/mol. The molecule has 0 heterocycles. The number of benzene rings is 3. The maximum atomic E-state index is 11.1. The maximum Gasteiger partial charge on any atom is 0.357 e. The summed E-state index contributed by atoms with van der Waals surface area (Å²) in [7, 11) is 0. The number of nitrogens with zero attached hydrogens (tertiary/aromatic N) is 1. The van der Waals surface area contributed by atoms with Gasteiger partial charge in [-0.25, -0.2) is 14.4 Å². The lowest BCUT2D eigenvalue weighted by Gasteiger charge is -2.07. The maximum absolute atomic E-state index is 11.1. The molecule has 0 fully saturated rings. The van der Waals surface area contributed by atoms with Gasteiger partial charge in [0, 0.05) is 29.2 Å². The fraction of sp³-hybridized carbons (Fsp3) is 0.143. The molecular formula is C28H27NO6. The second kappa shape index (κ2) is 13.3. The van der Waals surface area contributed by atoms with E-state index in [2.05, 4.69) is 43.1 Å². The molecule has 0 atom stereocenters. The van der Waals surface area contributed by atoms with Gasteiger partial charge in [0.1, 0.15) is 0 Å². The van der Waals surface area contributed by atoms with E-state index < -0.39 is 17.9 Å². The van der Waals surface area contributed by atoms with Gasteiger partial charge < -0.3 is 14.7 Å². The molecule has 180 valence electrons. The lowest BCUT2D eigenvalue weighted by Crippen LogP contribution is -2.10. The van der Waals surface area contributed by atoms with Gasteiger partial charge in [0.2, 0.25) is 0 Å². The van der Waals surface area contributed by atoms with E-state index >= 15 is 0 Å². The number of ether oxygens (including phenoxy) is 1. The van der Waals surface area contributed by atoms with Crippen LogP contribution in [0.15, 0.2) is 96.7 Å². The minimum Gasteiger partial charge on any atom is -0.478 e. The van der Waals surface area contributed by atoms with Crippen LogP contribution in [-0.4, -0.2) is 35.8 Å². The minimum atomic E-state index is -1.07. The van der Waals surface area contributed by atoms with Gasteiger partial charge >= 0.3 is 17.9 Å². The Bertz CT molecular complexity index is 1250. The normalized spacial score (nSPS) is 10.3. The number of esters is 1. The SMILES string of the molecule is C=C(CCOC(=O)C(=C)CC)C(=O)O.C=CC(=O)ON=Cc1c2ccccc2cc2ccccc12. The standard InChI is InChI=1S/C18H13NO2.C10H14O4/c1-2-18(20)21-19-12-17-15-9-5-3-7-13(15)11-14-8-4-6-10-16(14)17;1-4-7(2)10(13)14-6-5-8(3)9(11)12/h2-12H,1H2;2-6H2,1H3,(H,11,12). The van der Waals surface area contributed by atoms with Crippen LogP contribution in [0.25, 0.3) is 21.5 Å². The van der Waals surface area contributed by atoms with E-state index in [0.29, 0.717) is 12.0 Å². The number of carboxylic acid groups (broad SMARTS) is 1. The Balaban J connectivity index is 0.000000271. The van der Waals surface area contributed by atoms with Crippen LogP contribution >= 0.6 is 0 Å². The van der Waals surface area contributed by atoms with Gasteiger partial charge in [-0.15, -0.1) is 0 Å². The number of carboxylic acids is 1. The number of rotatable bonds is 9. The summed E-state index contributed by atoms with van der Waals surface area (Å²) in [6, 6.07) is 18.2. The lowest BCUT2D eigenvalue weighted by atomic mass is 9.97. The van der Waals surface area contributed by atoms with Crippen molar-refractivity contribution in [2.24, 2.45) is 5.16 Å². The van der Waals surface area contributed by atoms with Crippen LogP contribution in [-0.2, 0) is 24.0 Å². The van der Waals surface area contributed by atoms with Crippen LogP contribution in [0.5, 0.6) is 0 Å². The number of hydrogen-bond donors (Lipinski definition) is 1. The van der Waals surface area contributed by atoms with Gasteiger partial charge in [-0.1, -0.05) is 80.3 Å². The van der Waals surface area contributed by atoms with E-state index in [1.165, 1.54) is 0 Å². The molecule has 0 bridgehead atoms. The predicted molar refractivity (Wildman–Crippen MR) is 137 cm³/mol. The molecule has 0 spiro atoms. The largest absolute Gasteiger partial charge is 0.478 e. The van der Waals surface area contributed by atoms with Gasteiger partial charge in [0.15, 0.2) is 0 Å². The highest BCUT2D eigenvalue weighted by Gasteiger charge is 2.08. The fourth-order valence-electron chi connectivity index (χ4n) is 2.98. The van der Waals surface area contributed by atoms with Crippen LogP contribution in [0.3, 0.4) is 0 Å². The Labute approximate surface area is 203 Å². The van der Waals surface area contributed by atoms with E-state index in [0.717, 1.165) is 33.2 Å². The van der Waals surface area contributed by atoms with Gasteiger partial charge in [0.25, 0.3) is 0 Å². The molecule has 0 unspecified atom stereocenters. The van der Waals surface area contributed by atoms with E-state index in [1.807, 2.05) is 36.4 Å². The molecule has 0 amide bonds. The number of hydrogen-bond acceptors (Lipinski definition) is 6. The second-order valence-electron chi connectivity index (χ2n) is 7.33. The Morgan fingerprint density at radius 2 is 1.54 bits per heavy atom. The van der Waals surface area contributed by atoms with Crippen molar-refractivity contribution in [2.75, 3.05) is 6.61 Å². The summed E-state index contributed by atoms with van der Waals surface area (Å²) < 4.78 is 4.75. The highest BCUT2D eigenvalue weighted by atomic mass is 16.7. The minimum absolute atomic E-state index is 0.0277. The lowest BCUT2D eigenvalue weighted by molar-refractivity contribution is -0.140. The van der Waals surface area contributed by atoms with Gasteiger partial charge in [-0.05, 0) is 34.0 Å². The van der Waals surface area contributed by atoms with Crippen LogP contribution in [0.2, 0.25) is 0 Å². The first-order chi connectivity index (χ1) is 16.8. The van der Waals surface area contributed by atoms with Crippen molar-refractivity contribution in [3.8, 4) is 0 Å². The Kier molecular flexibility index (Phi) is 10.1. The topological polar surface area (TPSA) is 102 Å². The number of carbonyl (C=O) groups is 3. The quantitative estimate of drug-likeness (QED) is 0.109. The smallest absolute Gasteiger partial charge is 0.357 e. The Hall–Kier alpha value is -4.52. The van der Waals surface area contributed by atoms with E-state index in [-0.39, 0.29) is 18.6 Å². The summed E-state index contributed by atoms with van der Waals surface area (Å²) in [5.74, 6) is -2.13. The molecule has 1 N–H and O–H groups in total. The zero-order valence-electron chi connectivity index (χ0n) is 19.5. The molecule has 7 nitrogen and oxygen atoms in total. The molecule has 0 aromatic heterocycles. The third-order valence-corrected chi connectivity index (χ3v) is 4.96. The van der Waals surface area contributed by atoms with E-state index in [9.17, 15) is 14.4 Å². The molecule has 3 rings (SSSR count). The third kappa shape index (κ3) is 7.78. The van der Waals surface area contributed by atoms with Crippen LogP contribution in [0.4, 0.5) is 0 Å². The molecule has 0 aliphatic heterocycles. The van der Waals surface area contributed by atoms with E-state index in [1.54, 1.807) is 13.1 Å². The van der Waals surface area contributed by atoms with Crippen molar-refractivity contribution in [3.63, 3.8) is 0 Å². The van der Waals surface area contributed by atoms with Crippen molar-refractivity contribution < 1.29 is 29.1 Å². The molecule has 0 radical (unpaired) electrons. The first kappa shape index (κ1) is 26.7. The molecule has 0 saturated heterocycles. The van der Waals surface area contributed by atoms with Crippen molar-refractivity contribution in [3.05, 3.63) is 97.1 Å². The highest BCUT2D eigenvalue weighted by Crippen LogP contribution is 2.27. The van der Waals surface area contributed by atoms with Crippen LogP contribution < -0.4 is 0 Å². The average Bonchev–Trinajstić information content (AvgIpc) is 2.87. The molecular weight excluding hydrogens is 446 g/mol. The summed E-state index contributed by atoms with van der Waals surface area (Å²) in [6.07, 6.45) is 3.32. The molecule has 7 heteroatoms. The van der Waals surface area contributed by atoms with Crippen molar-refractivity contribution in [2.45, 2.75) is 19.8 Å². The number of aliphatic carboxylic acids is 1. The number of carbonyl (C=O) groups excluding carboxylic acids is 2. The molecule has 3 aromatic rings. The van der Waals surface area contributed by atoms with Crippen LogP contribution in [0, 0.1) is 0 Å². The Morgan fingerprint density at radius 3 is 2.06 bits per heavy atom. The summed E-state index contributed by atoms with van der Waals surface area (Å²) in [4.78, 5) is 37.1. The summed E-state index contributed by atoms with van der Waals surface area (Å²) in [6.45, 7) is 12.0. The number of oxime groups is 1. The zero-order chi connectivity index (χ0) is 25.8. The highest BCUT2D eigenvalue weighted by molar-refractivity contribution is 6.13. The summed E-state index contributed by atoms with van der Waals surface area (Å²) in [5, 5.41) is 16.6. The second-order valence-corrected chi connectivity index (χ2v) is 7.33. The zero-order valence-corrected chi connectivity index (χ0v) is 19.5. The molecule has 35 heavy (non-hydrogen) atoms. The van der Waals surface area contributed by atoms with Gasteiger partial charge in [-0.2, -0.15) is 0 Å². The fourth-order valence-corrected chi connectivity index (χ4v) is 2.98. The van der Waals surface area contributed by atoms with E-state index in [4.69, 9.17) is 14.7 Å². The van der Waals surface area contributed by atoms with Crippen molar-refractivity contribution >= 4 is 45.7 Å². The summed E-state index contributed by atoms with van der Waals surface area (Å²) in [5.41, 5.74) is 1.34.